The SMILES string of the molecule is CCSc1c(CC(=O)OC)ccc2ccccc12. The highest BCUT2D eigenvalue weighted by molar-refractivity contribution is 7.99. The van der Waals surface area contributed by atoms with Crippen molar-refractivity contribution in [2.45, 2.75) is 18.2 Å². The molecule has 0 unspecified atom stereocenters. The Morgan fingerprint density at radius 1 is 1.22 bits per heavy atom. The molecule has 0 atom stereocenters. The van der Waals surface area contributed by atoms with Gasteiger partial charge in [-0.1, -0.05) is 43.3 Å². The number of fused-ring (bicyclic) bond motifs is 1. The molecule has 0 saturated carbocycles. The van der Waals surface area contributed by atoms with Gasteiger partial charge in [-0.05, 0) is 22.1 Å². The fourth-order valence-electron chi connectivity index (χ4n) is 1.97. The standard InChI is InChI=1S/C15H16O2S/c1-3-18-15-12(10-14(16)17-2)9-8-11-6-4-5-7-13(11)15/h4-9H,3,10H2,1-2H3. The summed E-state index contributed by atoms with van der Waals surface area (Å²) in [6, 6.07) is 12.3. The van der Waals surface area contributed by atoms with Crippen molar-refractivity contribution in [3.05, 3.63) is 42.0 Å². The largest absolute Gasteiger partial charge is 0.469 e. The molecule has 0 aromatic heterocycles. The molecule has 3 heteroatoms. The molecule has 2 aromatic carbocycles. The molecule has 0 spiro atoms. The molecular formula is C15H16O2S. The number of esters is 1. The van der Waals surface area contributed by atoms with E-state index in [0.29, 0.717) is 6.42 Å². The van der Waals surface area contributed by atoms with Crippen LogP contribution in [0, 0.1) is 0 Å². The van der Waals surface area contributed by atoms with E-state index in [1.807, 2.05) is 18.2 Å². The first-order valence-corrected chi connectivity index (χ1v) is 6.95. The van der Waals surface area contributed by atoms with Gasteiger partial charge in [0.15, 0.2) is 0 Å². The molecule has 0 aliphatic rings. The van der Waals surface area contributed by atoms with Crippen LogP contribution in [0.15, 0.2) is 41.3 Å². The molecule has 0 amide bonds. The zero-order chi connectivity index (χ0) is 13.0. The van der Waals surface area contributed by atoms with Crippen molar-refractivity contribution < 1.29 is 9.53 Å². The Bertz CT molecular complexity index is 563. The molecule has 0 bridgehead atoms. The van der Waals surface area contributed by atoms with Crippen LogP contribution in [0.5, 0.6) is 0 Å². The van der Waals surface area contributed by atoms with Crippen LogP contribution in [-0.2, 0) is 16.0 Å². The van der Waals surface area contributed by atoms with Gasteiger partial charge in [0.25, 0.3) is 0 Å². The Balaban J connectivity index is 2.51. The normalized spacial score (nSPS) is 10.6. The molecule has 0 aliphatic carbocycles. The smallest absolute Gasteiger partial charge is 0.310 e. The summed E-state index contributed by atoms with van der Waals surface area (Å²) in [5.74, 6) is 0.797. The monoisotopic (exact) mass is 260 g/mol. The van der Waals surface area contributed by atoms with Crippen LogP contribution in [-0.4, -0.2) is 18.8 Å². The number of hydrogen-bond acceptors (Lipinski definition) is 3. The van der Waals surface area contributed by atoms with Crippen LogP contribution in [0.3, 0.4) is 0 Å². The lowest BCUT2D eigenvalue weighted by Gasteiger charge is -2.11. The molecule has 0 radical (unpaired) electrons. The van der Waals surface area contributed by atoms with Crippen LogP contribution in [0.4, 0.5) is 0 Å². The van der Waals surface area contributed by atoms with Crippen molar-refractivity contribution in [1.82, 2.24) is 0 Å². The van der Waals surface area contributed by atoms with Gasteiger partial charge in [-0.3, -0.25) is 4.79 Å². The van der Waals surface area contributed by atoms with Crippen LogP contribution in [0.25, 0.3) is 10.8 Å². The van der Waals surface area contributed by atoms with Crippen LogP contribution >= 0.6 is 11.8 Å². The Hall–Kier alpha value is -1.48. The van der Waals surface area contributed by atoms with Gasteiger partial charge in [0.05, 0.1) is 13.5 Å². The van der Waals surface area contributed by atoms with Gasteiger partial charge in [0.2, 0.25) is 0 Å². The minimum absolute atomic E-state index is 0.191. The quantitative estimate of drug-likeness (QED) is 0.620. The molecule has 2 nitrogen and oxygen atoms in total. The number of thioether (sulfide) groups is 1. The average Bonchev–Trinajstić information content (AvgIpc) is 2.41. The Labute approximate surface area is 111 Å². The summed E-state index contributed by atoms with van der Waals surface area (Å²) in [7, 11) is 1.43. The van der Waals surface area contributed by atoms with E-state index in [9.17, 15) is 4.79 Å². The second kappa shape index (κ2) is 5.91. The lowest BCUT2D eigenvalue weighted by atomic mass is 10.0. The van der Waals surface area contributed by atoms with Gasteiger partial charge >= 0.3 is 5.97 Å². The molecule has 0 saturated heterocycles. The maximum Gasteiger partial charge on any atom is 0.310 e. The van der Waals surface area contributed by atoms with Crippen molar-refractivity contribution >= 4 is 28.5 Å². The maximum absolute atomic E-state index is 11.4. The van der Waals surface area contributed by atoms with E-state index in [1.165, 1.54) is 22.8 Å². The Morgan fingerprint density at radius 2 is 2.00 bits per heavy atom. The van der Waals surface area contributed by atoms with Crippen molar-refractivity contribution in [1.29, 1.82) is 0 Å². The van der Waals surface area contributed by atoms with Crippen LogP contribution < -0.4 is 0 Å². The predicted octanol–water partition coefficient (Wildman–Crippen LogP) is 3.67. The second-order valence-corrected chi connectivity index (χ2v) is 5.24. The highest BCUT2D eigenvalue weighted by Gasteiger charge is 2.11. The first kappa shape index (κ1) is 13.0. The molecule has 0 aliphatic heterocycles. The average molecular weight is 260 g/mol. The summed E-state index contributed by atoms with van der Waals surface area (Å²) in [5.41, 5.74) is 1.05. The zero-order valence-corrected chi connectivity index (χ0v) is 11.4. The fraction of sp³-hybridized carbons (Fsp3) is 0.267. The number of hydrogen-bond donors (Lipinski definition) is 0. The molecule has 0 N–H and O–H groups in total. The number of methoxy groups -OCH3 is 1. The van der Waals surface area contributed by atoms with E-state index in [2.05, 4.69) is 25.1 Å². The predicted molar refractivity (Wildman–Crippen MR) is 76.1 cm³/mol. The highest BCUT2D eigenvalue weighted by atomic mass is 32.2. The molecule has 0 heterocycles. The van der Waals surface area contributed by atoms with Gasteiger partial charge in [-0.2, -0.15) is 0 Å². The van der Waals surface area contributed by atoms with Crippen LogP contribution in [0.1, 0.15) is 12.5 Å². The van der Waals surface area contributed by atoms with E-state index >= 15 is 0 Å². The number of carbonyl (C=O) groups is 1. The summed E-state index contributed by atoms with van der Waals surface area (Å²) >= 11 is 1.78. The van der Waals surface area contributed by atoms with Crippen molar-refractivity contribution in [2.75, 3.05) is 12.9 Å². The number of carbonyl (C=O) groups excluding carboxylic acids is 1. The molecule has 2 aromatic rings. The third-order valence-electron chi connectivity index (χ3n) is 2.81. The minimum Gasteiger partial charge on any atom is -0.469 e. The van der Waals surface area contributed by atoms with Crippen molar-refractivity contribution in [3.63, 3.8) is 0 Å². The van der Waals surface area contributed by atoms with Gasteiger partial charge in [-0.25, -0.2) is 0 Å². The van der Waals surface area contributed by atoms with Crippen LogP contribution in [0.2, 0.25) is 0 Å². The molecule has 2 rings (SSSR count). The Morgan fingerprint density at radius 3 is 2.72 bits per heavy atom. The first-order valence-electron chi connectivity index (χ1n) is 5.96. The van der Waals surface area contributed by atoms with Gasteiger partial charge < -0.3 is 4.74 Å². The topological polar surface area (TPSA) is 26.3 Å². The summed E-state index contributed by atoms with van der Waals surface area (Å²) in [6.07, 6.45) is 0.337. The first-order chi connectivity index (χ1) is 8.76. The van der Waals surface area contributed by atoms with E-state index < -0.39 is 0 Å². The van der Waals surface area contributed by atoms with Crippen molar-refractivity contribution in [3.8, 4) is 0 Å². The summed E-state index contributed by atoms with van der Waals surface area (Å²) in [4.78, 5) is 12.6. The van der Waals surface area contributed by atoms with Gasteiger partial charge in [0.1, 0.15) is 0 Å². The zero-order valence-electron chi connectivity index (χ0n) is 10.6. The lowest BCUT2D eigenvalue weighted by Crippen LogP contribution is -2.05. The van der Waals surface area contributed by atoms with E-state index in [-0.39, 0.29) is 5.97 Å². The third kappa shape index (κ3) is 2.67. The van der Waals surface area contributed by atoms with E-state index in [1.54, 1.807) is 11.8 Å². The van der Waals surface area contributed by atoms with E-state index in [0.717, 1.165) is 11.3 Å². The Kier molecular flexibility index (Phi) is 4.26. The molecule has 18 heavy (non-hydrogen) atoms. The minimum atomic E-state index is -0.191. The highest BCUT2D eigenvalue weighted by Crippen LogP contribution is 2.31. The maximum atomic E-state index is 11.4. The molecule has 94 valence electrons. The third-order valence-corrected chi connectivity index (χ3v) is 3.87. The molecular weight excluding hydrogens is 244 g/mol. The molecule has 0 fully saturated rings. The number of benzene rings is 2. The summed E-state index contributed by atoms with van der Waals surface area (Å²) in [6.45, 7) is 2.12. The van der Waals surface area contributed by atoms with Crippen molar-refractivity contribution in [2.24, 2.45) is 0 Å². The summed E-state index contributed by atoms with van der Waals surface area (Å²) in [5, 5.41) is 2.42. The summed E-state index contributed by atoms with van der Waals surface area (Å²) < 4.78 is 4.75. The second-order valence-electron chi connectivity index (χ2n) is 3.96. The lowest BCUT2D eigenvalue weighted by molar-refractivity contribution is -0.139. The van der Waals surface area contributed by atoms with E-state index in [4.69, 9.17) is 4.74 Å². The van der Waals surface area contributed by atoms with Gasteiger partial charge in [0, 0.05) is 4.90 Å². The fourth-order valence-corrected chi connectivity index (χ4v) is 2.93. The number of ether oxygens (including phenoxy) is 1. The number of rotatable bonds is 4. The van der Waals surface area contributed by atoms with Gasteiger partial charge in [-0.15, -0.1) is 11.8 Å².